The van der Waals surface area contributed by atoms with Gasteiger partial charge in [0.25, 0.3) is 0 Å². The molecule has 0 aliphatic carbocycles. The van der Waals surface area contributed by atoms with Crippen LogP contribution in [0.25, 0.3) is 0 Å². The molecule has 0 amide bonds. The van der Waals surface area contributed by atoms with Gasteiger partial charge < -0.3 is 5.73 Å². The van der Waals surface area contributed by atoms with Crippen LogP contribution in [0.3, 0.4) is 0 Å². The van der Waals surface area contributed by atoms with Crippen molar-refractivity contribution in [2.45, 2.75) is 22.6 Å². The molecule has 0 bridgehead atoms. The highest BCUT2D eigenvalue weighted by atomic mass is 35.5. The van der Waals surface area contributed by atoms with E-state index in [4.69, 9.17) is 17.3 Å². The highest BCUT2D eigenvalue weighted by Crippen LogP contribution is 2.35. The van der Waals surface area contributed by atoms with E-state index in [0.717, 1.165) is 31.2 Å². The summed E-state index contributed by atoms with van der Waals surface area (Å²) >= 11 is 9.33. The lowest BCUT2D eigenvalue weighted by molar-refractivity contribution is 0.966. The Hall–Kier alpha value is -0.620. The van der Waals surface area contributed by atoms with Crippen molar-refractivity contribution < 1.29 is 0 Å². The first-order valence-corrected chi connectivity index (χ1v) is 7.16. The van der Waals surface area contributed by atoms with Gasteiger partial charge in [0, 0.05) is 4.90 Å². The summed E-state index contributed by atoms with van der Waals surface area (Å²) in [6.07, 6.45) is 0.850. The van der Waals surface area contributed by atoms with E-state index in [9.17, 15) is 0 Å². The van der Waals surface area contributed by atoms with Gasteiger partial charge in [-0.25, -0.2) is 0 Å². The molecule has 1 aromatic heterocycles. The smallest absolute Gasteiger partial charge is 0.179 e. The molecule has 0 unspecified atom stereocenters. The summed E-state index contributed by atoms with van der Waals surface area (Å²) < 4.78 is 0.913. The number of aryl methyl sites for hydroxylation is 1. The minimum Gasteiger partial charge on any atom is -0.330 e. The van der Waals surface area contributed by atoms with Crippen molar-refractivity contribution in [3.8, 4) is 0 Å². The molecule has 0 atom stereocenters. The fourth-order valence-corrected chi connectivity index (χ4v) is 3.46. The van der Waals surface area contributed by atoms with Crippen molar-refractivity contribution in [3.05, 3.63) is 33.8 Å². The molecule has 6 heteroatoms. The molecule has 1 aromatic carbocycles. The normalized spacial score (nSPS) is 10.8. The van der Waals surface area contributed by atoms with Crippen LogP contribution in [-0.4, -0.2) is 16.7 Å². The SMILES string of the molecule is Cc1nnc(Sc2ccc(CCN)cc2Cl)s1. The van der Waals surface area contributed by atoms with Crippen LogP contribution in [-0.2, 0) is 6.42 Å². The standard InChI is InChI=1S/C11H12ClN3S2/c1-7-14-15-11(16-7)17-10-3-2-8(4-5-13)6-9(10)12/h2-3,6H,4-5,13H2,1H3. The summed E-state index contributed by atoms with van der Waals surface area (Å²) in [5, 5.41) is 9.75. The largest absolute Gasteiger partial charge is 0.330 e. The van der Waals surface area contributed by atoms with Crippen molar-refractivity contribution in [3.63, 3.8) is 0 Å². The number of nitrogens with two attached hydrogens (primary N) is 1. The lowest BCUT2D eigenvalue weighted by atomic mass is 10.1. The first-order chi connectivity index (χ1) is 8.19. The summed E-state index contributed by atoms with van der Waals surface area (Å²) in [6.45, 7) is 2.58. The molecule has 0 aliphatic rings. The Balaban J connectivity index is 2.16. The molecular weight excluding hydrogens is 274 g/mol. The van der Waals surface area contributed by atoms with Crippen LogP contribution in [0.1, 0.15) is 10.6 Å². The van der Waals surface area contributed by atoms with Gasteiger partial charge >= 0.3 is 0 Å². The average molecular weight is 286 g/mol. The summed E-state index contributed by atoms with van der Waals surface area (Å²) in [4.78, 5) is 1.00. The van der Waals surface area contributed by atoms with Gasteiger partial charge in [-0.05, 0) is 37.6 Å². The lowest BCUT2D eigenvalue weighted by Gasteiger charge is -2.04. The lowest BCUT2D eigenvalue weighted by Crippen LogP contribution is -2.02. The summed E-state index contributed by atoms with van der Waals surface area (Å²) in [5.41, 5.74) is 6.67. The second-order valence-corrected chi connectivity index (χ2v) is 6.37. The molecule has 2 rings (SSSR count). The van der Waals surface area contributed by atoms with Crippen LogP contribution in [0, 0.1) is 6.92 Å². The zero-order valence-electron chi connectivity index (χ0n) is 9.31. The molecule has 0 aliphatic heterocycles. The van der Waals surface area contributed by atoms with Crippen molar-refractivity contribution in [1.29, 1.82) is 0 Å². The summed E-state index contributed by atoms with van der Waals surface area (Å²) in [7, 11) is 0. The van der Waals surface area contributed by atoms with Crippen molar-refractivity contribution in [2.75, 3.05) is 6.54 Å². The van der Waals surface area contributed by atoms with Crippen LogP contribution < -0.4 is 5.73 Å². The maximum Gasteiger partial charge on any atom is 0.179 e. The third-order valence-electron chi connectivity index (χ3n) is 2.13. The predicted molar refractivity (Wildman–Crippen MR) is 73.0 cm³/mol. The molecule has 0 spiro atoms. The van der Waals surface area contributed by atoms with Gasteiger partial charge in [0.1, 0.15) is 5.01 Å². The first kappa shape index (κ1) is 12.8. The molecule has 0 saturated heterocycles. The molecular formula is C11H12ClN3S2. The maximum atomic E-state index is 6.22. The molecule has 17 heavy (non-hydrogen) atoms. The monoisotopic (exact) mass is 285 g/mol. The van der Waals surface area contributed by atoms with E-state index in [2.05, 4.69) is 16.3 Å². The molecule has 0 saturated carbocycles. The Kier molecular flexibility index (Phi) is 4.39. The van der Waals surface area contributed by atoms with Gasteiger partial charge in [0.2, 0.25) is 0 Å². The second kappa shape index (κ2) is 5.82. The molecule has 2 N–H and O–H groups in total. The maximum absolute atomic E-state index is 6.22. The third-order valence-corrected chi connectivity index (χ3v) is 4.52. The zero-order valence-corrected chi connectivity index (χ0v) is 11.7. The van der Waals surface area contributed by atoms with E-state index < -0.39 is 0 Å². The number of benzene rings is 1. The predicted octanol–water partition coefficient (Wildman–Crippen LogP) is 3.15. The van der Waals surface area contributed by atoms with Gasteiger partial charge in [-0.3, -0.25) is 0 Å². The first-order valence-electron chi connectivity index (χ1n) is 5.15. The zero-order chi connectivity index (χ0) is 12.3. The van der Waals surface area contributed by atoms with E-state index in [1.807, 2.05) is 19.1 Å². The van der Waals surface area contributed by atoms with Gasteiger partial charge in [-0.15, -0.1) is 10.2 Å². The quantitative estimate of drug-likeness (QED) is 0.937. The van der Waals surface area contributed by atoms with Crippen LogP contribution in [0.4, 0.5) is 0 Å². The van der Waals surface area contributed by atoms with E-state index in [1.165, 1.54) is 0 Å². The summed E-state index contributed by atoms with van der Waals surface area (Å²) in [5.74, 6) is 0. The van der Waals surface area contributed by atoms with Gasteiger partial charge in [0.15, 0.2) is 4.34 Å². The number of aromatic nitrogens is 2. The van der Waals surface area contributed by atoms with Crippen LogP contribution in [0.5, 0.6) is 0 Å². The number of hydrogen-bond donors (Lipinski definition) is 1. The fourth-order valence-electron chi connectivity index (χ4n) is 1.36. The molecule has 3 nitrogen and oxygen atoms in total. The number of rotatable bonds is 4. The Bertz CT molecular complexity index is 513. The average Bonchev–Trinajstić information content (AvgIpc) is 2.69. The third kappa shape index (κ3) is 3.42. The molecule has 90 valence electrons. The van der Waals surface area contributed by atoms with E-state index in [1.54, 1.807) is 23.1 Å². The highest BCUT2D eigenvalue weighted by Gasteiger charge is 2.07. The van der Waals surface area contributed by atoms with Gasteiger partial charge in [0.05, 0.1) is 5.02 Å². The molecule has 1 heterocycles. The second-order valence-electron chi connectivity index (χ2n) is 3.49. The number of nitrogens with zero attached hydrogens (tertiary/aromatic N) is 2. The van der Waals surface area contributed by atoms with Crippen LogP contribution in [0.15, 0.2) is 27.4 Å². The van der Waals surface area contributed by atoms with E-state index >= 15 is 0 Å². The van der Waals surface area contributed by atoms with Crippen molar-refractivity contribution >= 4 is 34.7 Å². The molecule has 2 aromatic rings. The van der Waals surface area contributed by atoms with Crippen molar-refractivity contribution in [2.24, 2.45) is 5.73 Å². The topological polar surface area (TPSA) is 51.8 Å². The number of halogens is 1. The minimum atomic E-state index is 0.637. The van der Waals surface area contributed by atoms with Gasteiger partial charge in [-0.1, -0.05) is 40.8 Å². The van der Waals surface area contributed by atoms with Crippen LogP contribution >= 0.6 is 34.7 Å². The van der Waals surface area contributed by atoms with Crippen LogP contribution in [0.2, 0.25) is 5.02 Å². The van der Waals surface area contributed by atoms with E-state index in [-0.39, 0.29) is 0 Å². The Morgan fingerprint density at radius 3 is 2.82 bits per heavy atom. The Morgan fingerprint density at radius 2 is 2.24 bits per heavy atom. The minimum absolute atomic E-state index is 0.637. The Morgan fingerprint density at radius 1 is 1.41 bits per heavy atom. The Labute approximate surface area is 113 Å². The summed E-state index contributed by atoms with van der Waals surface area (Å²) in [6, 6.07) is 6.02. The molecule has 0 radical (unpaired) electrons. The highest BCUT2D eigenvalue weighted by molar-refractivity contribution is 8.01. The molecule has 0 fully saturated rings. The van der Waals surface area contributed by atoms with Gasteiger partial charge in [-0.2, -0.15) is 0 Å². The number of hydrogen-bond acceptors (Lipinski definition) is 5. The fraction of sp³-hybridized carbons (Fsp3) is 0.273. The van der Waals surface area contributed by atoms with Crippen molar-refractivity contribution in [1.82, 2.24) is 10.2 Å². The van der Waals surface area contributed by atoms with E-state index in [0.29, 0.717) is 6.54 Å².